The summed E-state index contributed by atoms with van der Waals surface area (Å²) in [6.45, 7) is 9.28. The summed E-state index contributed by atoms with van der Waals surface area (Å²) in [4.78, 5) is 15.0. The third-order valence-corrected chi connectivity index (χ3v) is 7.30. The number of aromatic amines is 1. The molecule has 38 heavy (non-hydrogen) atoms. The number of hydrogen-bond donors (Lipinski definition) is 3. The normalized spacial score (nSPS) is 13.6. The molecule has 200 valence electrons. The van der Waals surface area contributed by atoms with Crippen molar-refractivity contribution in [3.63, 3.8) is 0 Å². The maximum Gasteiger partial charge on any atom is 0.248 e. The number of fused-ring (bicyclic) bond motifs is 2. The molecule has 1 aromatic heterocycles. The lowest BCUT2D eigenvalue weighted by Gasteiger charge is -2.19. The van der Waals surface area contributed by atoms with E-state index in [2.05, 4.69) is 36.3 Å². The average molecular weight is 513 g/mol. The average Bonchev–Trinajstić information content (AvgIpc) is 3.37. The molecule has 5 nitrogen and oxygen atoms in total. The molecule has 0 saturated heterocycles. The largest absolute Gasteiger partial charge is 0.487 e. The molecular weight excluding hydrogens is 472 g/mol. The summed E-state index contributed by atoms with van der Waals surface area (Å²) in [5.74, 6) is 0.597. The van der Waals surface area contributed by atoms with Crippen LogP contribution in [-0.2, 0) is 32.3 Å². The Labute approximate surface area is 225 Å². The summed E-state index contributed by atoms with van der Waals surface area (Å²) in [5.41, 5.74) is 8.00. The molecule has 0 spiro atoms. The van der Waals surface area contributed by atoms with Gasteiger partial charge in [-0.25, -0.2) is 0 Å². The van der Waals surface area contributed by atoms with E-state index in [0.717, 1.165) is 42.2 Å². The monoisotopic (exact) mass is 512 g/mol. The third kappa shape index (κ3) is 6.17. The second-order valence-electron chi connectivity index (χ2n) is 9.66. The SMILES string of the molecule is CC.CCc1cc2c(cc1CC)CC(NCC(O)c1ccc(OCc3ccccc3)c3[nH]c(=O)ccc13)C2. The van der Waals surface area contributed by atoms with Crippen molar-refractivity contribution in [1.29, 1.82) is 0 Å². The molecular formula is C33H40N2O3. The van der Waals surface area contributed by atoms with Gasteiger partial charge in [0, 0.05) is 24.0 Å². The fourth-order valence-electron chi connectivity index (χ4n) is 5.36. The lowest BCUT2D eigenvalue weighted by atomic mass is 9.97. The first-order valence-corrected chi connectivity index (χ1v) is 13.9. The molecule has 4 aromatic rings. The van der Waals surface area contributed by atoms with Crippen LogP contribution in [0.2, 0.25) is 0 Å². The first-order valence-electron chi connectivity index (χ1n) is 13.9. The van der Waals surface area contributed by atoms with Gasteiger partial charge >= 0.3 is 0 Å². The molecule has 5 rings (SSSR count). The van der Waals surface area contributed by atoms with E-state index in [9.17, 15) is 9.90 Å². The maximum atomic E-state index is 12.1. The first kappa shape index (κ1) is 27.6. The number of aliphatic hydroxyl groups is 1. The van der Waals surface area contributed by atoms with Gasteiger partial charge in [0.05, 0.1) is 11.6 Å². The van der Waals surface area contributed by atoms with Gasteiger partial charge < -0.3 is 20.1 Å². The number of rotatable bonds is 9. The van der Waals surface area contributed by atoms with Crippen LogP contribution in [0.25, 0.3) is 10.9 Å². The van der Waals surface area contributed by atoms with E-state index in [1.165, 1.54) is 28.3 Å². The zero-order valence-corrected chi connectivity index (χ0v) is 23.0. The molecule has 0 bridgehead atoms. The van der Waals surface area contributed by atoms with Crippen LogP contribution in [0.15, 0.2) is 71.5 Å². The highest BCUT2D eigenvalue weighted by molar-refractivity contribution is 5.87. The Morgan fingerprint density at radius 2 is 1.61 bits per heavy atom. The number of H-pyrrole nitrogens is 1. The van der Waals surface area contributed by atoms with E-state index < -0.39 is 6.10 Å². The number of benzene rings is 3. The highest BCUT2D eigenvalue weighted by Gasteiger charge is 2.24. The Morgan fingerprint density at radius 1 is 0.947 bits per heavy atom. The highest BCUT2D eigenvalue weighted by Crippen LogP contribution is 2.31. The van der Waals surface area contributed by atoms with Gasteiger partial charge in [0.1, 0.15) is 12.4 Å². The topological polar surface area (TPSA) is 74.3 Å². The van der Waals surface area contributed by atoms with Crippen molar-refractivity contribution in [2.24, 2.45) is 0 Å². The predicted molar refractivity (Wildman–Crippen MR) is 156 cm³/mol. The summed E-state index contributed by atoms with van der Waals surface area (Å²) >= 11 is 0. The summed E-state index contributed by atoms with van der Waals surface area (Å²) in [6.07, 6.45) is 3.39. The van der Waals surface area contributed by atoms with Crippen molar-refractivity contribution in [3.8, 4) is 5.75 Å². The van der Waals surface area contributed by atoms with Crippen LogP contribution >= 0.6 is 0 Å². The molecule has 0 saturated carbocycles. The molecule has 3 aromatic carbocycles. The first-order chi connectivity index (χ1) is 18.6. The molecule has 5 heteroatoms. The van der Waals surface area contributed by atoms with E-state index >= 15 is 0 Å². The highest BCUT2D eigenvalue weighted by atomic mass is 16.5. The minimum Gasteiger partial charge on any atom is -0.487 e. The quantitative estimate of drug-likeness (QED) is 0.255. The van der Waals surface area contributed by atoms with E-state index in [-0.39, 0.29) is 5.56 Å². The Hall–Kier alpha value is -3.41. The Morgan fingerprint density at radius 3 is 2.24 bits per heavy atom. The van der Waals surface area contributed by atoms with Gasteiger partial charge in [-0.3, -0.25) is 4.79 Å². The fourth-order valence-corrected chi connectivity index (χ4v) is 5.36. The van der Waals surface area contributed by atoms with Crippen molar-refractivity contribution in [3.05, 3.63) is 110 Å². The Kier molecular flexibility index (Phi) is 9.38. The van der Waals surface area contributed by atoms with Gasteiger partial charge in [-0.15, -0.1) is 0 Å². The number of aliphatic hydroxyl groups excluding tert-OH is 1. The van der Waals surface area contributed by atoms with Gasteiger partial charge in [0.15, 0.2) is 0 Å². The van der Waals surface area contributed by atoms with Gasteiger partial charge in [-0.2, -0.15) is 0 Å². The summed E-state index contributed by atoms with van der Waals surface area (Å²) in [6, 6.07) is 22.0. The molecule has 0 amide bonds. The van der Waals surface area contributed by atoms with Crippen molar-refractivity contribution >= 4 is 10.9 Å². The maximum absolute atomic E-state index is 12.1. The van der Waals surface area contributed by atoms with Crippen molar-refractivity contribution in [2.75, 3.05) is 6.54 Å². The van der Waals surface area contributed by atoms with Crippen LogP contribution in [0.3, 0.4) is 0 Å². The number of ether oxygens (including phenoxy) is 1. The molecule has 1 aliphatic rings. The fraction of sp³-hybridized carbons (Fsp3) is 0.364. The lowest BCUT2D eigenvalue weighted by Crippen LogP contribution is -2.33. The smallest absolute Gasteiger partial charge is 0.248 e. The second-order valence-corrected chi connectivity index (χ2v) is 9.66. The van der Waals surface area contributed by atoms with Gasteiger partial charge in [0.25, 0.3) is 0 Å². The minimum atomic E-state index is -0.706. The molecule has 1 atom stereocenters. The standard InChI is InChI=1S/C31H34N2O3.C2H6/c1-3-21-14-23-16-25(17-24(23)15-22(21)4-2)32-18-28(34)26-10-12-29(31-27(26)11-13-30(35)33-31)36-19-20-8-6-5-7-9-20;1-2/h5-15,25,28,32,34H,3-4,16-19H2,1-2H3,(H,33,35);1-2H3. The van der Waals surface area contributed by atoms with Crippen LogP contribution in [-0.4, -0.2) is 22.7 Å². The number of nitrogens with one attached hydrogen (secondary N) is 2. The molecule has 0 aliphatic heterocycles. The van der Waals surface area contributed by atoms with Crippen LogP contribution in [0.1, 0.15) is 67.2 Å². The predicted octanol–water partition coefficient (Wildman–Crippen LogP) is 6.05. The minimum absolute atomic E-state index is 0.196. The zero-order chi connectivity index (χ0) is 27.1. The molecule has 1 unspecified atom stereocenters. The lowest BCUT2D eigenvalue weighted by molar-refractivity contribution is 0.171. The van der Waals surface area contributed by atoms with E-state index in [0.29, 0.717) is 30.5 Å². The van der Waals surface area contributed by atoms with Gasteiger partial charge in [0.2, 0.25) is 5.56 Å². The van der Waals surface area contributed by atoms with Gasteiger partial charge in [-0.05, 0) is 71.2 Å². The number of aryl methyl sites for hydroxylation is 2. The van der Waals surface area contributed by atoms with Crippen molar-refractivity contribution in [2.45, 2.75) is 72.1 Å². The number of pyridine rings is 1. The van der Waals surface area contributed by atoms with Gasteiger partial charge in [-0.1, -0.05) is 76.2 Å². The van der Waals surface area contributed by atoms with E-state index in [1.807, 2.05) is 56.3 Å². The van der Waals surface area contributed by atoms with Crippen LogP contribution in [0.4, 0.5) is 0 Å². The van der Waals surface area contributed by atoms with Crippen LogP contribution in [0.5, 0.6) is 5.75 Å². The summed E-state index contributed by atoms with van der Waals surface area (Å²) in [7, 11) is 0. The molecule has 3 N–H and O–H groups in total. The van der Waals surface area contributed by atoms with Crippen molar-refractivity contribution in [1.82, 2.24) is 10.3 Å². The molecule has 1 heterocycles. The molecule has 0 fully saturated rings. The molecule has 0 radical (unpaired) electrons. The second kappa shape index (κ2) is 12.9. The van der Waals surface area contributed by atoms with Crippen molar-refractivity contribution < 1.29 is 9.84 Å². The van der Waals surface area contributed by atoms with Crippen LogP contribution in [0, 0.1) is 0 Å². The summed E-state index contributed by atoms with van der Waals surface area (Å²) in [5, 5.41) is 15.5. The number of hydrogen-bond acceptors (Lipinski definition) is 4. The van der Waals surface area contributed by atoms with E-state index in [1.54, 1.807) is 6.07 Å². The molecule has 1 aliphatic carbocycles. The van der Waals surface area contributed by atoms with Crippen LogP contribution < -0.4 is 15.6 Å². The Balaban J connectivity index is 0.00000164. The zero-order valence-electron chi connectivity index (χ0n) is 23.0. The third-order valence-electron chi connectivity index (χ3n) is 7.30. The Bertz CT molecular complexity index is 1380. The number of aromatic nitrogens is 1. The summed E-state index contributed by atoms with van der Waals surface area (Å²) < 4.78 is 6.04. The van der Waals surface area contributed by atoms with E-state index in [4.69, 9.17) is 4.74 Å².